The van der Waals surface area contributed by atoms with Crippen molar-refractivity contribution in [2.45, 2.75) is 68.9 Å². The molecule has 15 nitrogen and oxygen atoms in total. The van der Waals surface area contributed by atoms with Crippen LogP contribution >= 0.6 is 11.8 Å². The Hall–Kier alpha value is -2.63. The molecular weight excluding hydrogens is 564 g/mol. The molecule has 3 amide bonds. The van der Waals surface area contributed by atoms with Gasteiger partial charge in [0.25, 0.3) is 0 Å². The minimum atomic E-state index is -1.80. The number of tetrazole rings is 1. The topological polar surface area (TPSA) is 195 Å². The van der Waals surface area contributed by atoms with E-state index in [2.05, 4.69) is 31.1 Å². The van der Waals surface area contributed by atoms with E-state index in [0.717, 1.165) is 37.5 Å². The molecule has 4 saturated heterocycles. The van der Waals surface area contributed by atoms with Gasteiger partial charge in [0.2, 0.25) is 17.7 Å². The fourth-order valence-corrected chi connectivity index (χ4v) is 9.13. The Kier molecular flexibility index (Phi) is 8.28. The molecule has 4 fully saturated rings. The first-order chi connectivity index (χ1) is 20.2. The number of likely N-dealkylation sites (tertiary alicyclic amines) is 2. The third-order valence-electron chi connectivity index (χ3n) is 9.57. The molecule has 16 heteroatoms. The van der Waals surface area contributed by atoms with Gasteiger partial charge >= 0.3 is 0 Å². The number of hydrogen-bond donors (Lipinski definition) is 5. The fourth-order valence-electron chi connectivity index (χ4n) is 7.62. The fraction of sp³-hybridized carbons (Fsp3) is 0.769. The normalized spacial score (nSPS) is 33.4. The second-order valence-electron chi connectivity index (χ2n) is 12.1. The van der Waals surface area contributed by atoms with Crippen molar-refractivity contribution in [3.63, 3.8) is 0 Å². The summed E-state index contributed by atoms with van der Waals surface area (Å²) in [5.41, 5.74) is 6.00. The van der Waals surface area contributed by atoms with Crippen LogP contribution in [-0.4, -0.2) is 138 Å². The van der Waals surface area contributed by atoms with Gasteiger partial charge in [0.15, 0.2) is 6.29 Å². The van der Waals surface area contributed by atoms with E-state index in [1.807, 2.05) is 11.8 Å². The molecular formula is C26H40N10O5S. The van der Waals surface area contributed by atoms with Gasteiger partial charge in [0, 0.05) is 60.9 Å². The Morgan fingerprint density at radius 2 is 2.12 bits per heavy atom. The van der Waals surface area contributed by atoms with Crippen LogP contribution in [0, 0.1) is 17.8 Å². The lowest BCUT2D eigenvalue weighted by atomic mass is 9.78. The molecule has 5 aliphatic heterocycles. The lowest BCUT2D eigenvalue weighted by Crippen LogP contribution is -2.66. The molecule has 0 spiro atoms. The lowest BCUT2D eigenvalue weighted by molar-refractivity contribution is -0.159. The van der Waals surface area contributed by atoms with Crippen LogP contribution in [0.2, 0.25) is 0 Å². The number of carbonyl (C=O) groups is 3. The van der Waals surface area contributed by atoms with Crippen LogP contribution in [0.25, 0.3) is 0 Å². The third kappa shape index (κ3) is 5.21. The first-order valence-corrected chi connectivity index (χ1v) is 15.6. The second kappa shape index (κ2) is 11.8. The molecule has 0 bridgehead atoms. The molecule has 6 heterocycles. The molecule has 230 valence electrons. The van der Waals surface area contributed by atoms with Gasteiger partial charge in [-0.3, -0.25) is 19.3 Å². The van der Waals surface area contributed by atoms with Crippen molar-refractivity contribution >= 4 is 29.5 Å². The highest BCUT2D eigenvalue weighted by atomic mass is 32.2. The Morgan fingerprint density at radius 3 is 2.83 bits per heavy atom. The van der Waals surface area contributed by atoms with E-state index < -0.39 is 18.2 Å². The summed E-state index contributed by atoms with van der Waals surface area (Å²) < 4.78 is 1.30. The van der Waals surface area contributed by atoms with E-state index >= 15 is 0 Å². The molecule has 6 N–H and O–H groups in total. The van der Waals surface area contributed by atoms with Crippen molar-refractivity contribution in [1.82, 2.24) is 45.5 Å². The lowest BCUT2D eigenvalue weighted by Gasteiger charge is -2.48. The van der Waals surface area contributed by atoms with E-state index in [1.165, 1.54) is 27.7 Å². The van der Waals surface area contributed by atoms with Crippen LogP contribution in [0.3, 0.4) is 0 Å². The Balaban J connectivity index is 1.07. The molecule has 5 aliphatic rings. The van der Waals surface area contributed by atoms with Gasteiger partial charge < -0.3 is 36.4 Å². The quantitative estimate of drug-likeness (QED) is 0.136. The third-order valence-corrected chi connectivity index (χ3v) is 11.1. The number of aliphatic hydroxyl groups is 2. The van der Waals surface area contributed by atoms with E-state index in [-0.39, 0.29) is 53.2 Å². The number of amides is 3. The summed E-state index contributed by atoms with van der Waals surface area (Å²) in [6.07, 6.45) is 1.26. The first kappa shape index (κ1) is 29.4. The van der Waals surface area contributed by atoms with E-state index in [1.54, 1.807) is 6.92 Å². The maximum atomic E-state index is 13.4. The highest BCUT2D eigenvalue weighted by Gasteiger charge is 2.60. The van der Waals surface area contributed by atoms with E-state index in [0.29, 0.717) is 31.5 Å². The van der Waals surface area contributed by atoms with Crippen molar-refractivity contribution < 1.29 is 24.6 Å². The van der Waals surface area contributed by atoms with Crippen molar-refractivity contribution in [2.75, 3.05) is 39.3 Å². The zero-order chi connectivity index (χ0) is 29.7. The molecule has 3 unspecified atom stereocenters. The molecule has 0 radical (unpaired) electrons. The average molecular weight is 605 g/mol. The maximum Gasteiger partial charge on any atom is 0.242 e. The molecule has 42 heavy (non-hydrogen) atoms. The average Bonchev–Trinajstić information content (AvgIpc) is 3.76. The summed E-state index contributed by atoms with van der Waals surface area (Å²) >= 11 is 1.52. The van der Waals surface area contributed by atoms with Gasteiger partial charge in [-0.1, -0.05) is 6.92 Å². The Labute approximate surface area is 248 Å². The summed E-state index contributed by atoms with van der Waals surface area (Å²) in [5.74, 6) is -0.600. The number of nitrogens with zero attached hydrogens (tertiary/aromatic N) is 7. The standard InChI is InChI=1S/C26H40N10O5S/c1-13-21-20(14(2)30-19(37)11-35-12-29-31-32-35)25(39)36(21)22(26(40)41)23(13)42-16-7-17(28-8-16)24(38)34-9-15-3-5-33(6-4-27)18(15)10-34/h12-18,20-21,26,28,40-41H,3-11,27H2,1-2H3,(H,30,37)/t13-,14?,15?,16+,17+,18?,20-,21-/m1/s1. The summed E-state index contributed by atoms with van der Waals surface area (Å²) in [7, 11) is 0. The number of hydrogen-bond acceptors (Lipinski definition) is 12. The number of nitrogens with two attached hydrogens (primary N) is 1. The van der Waals surface area contributed by atoms with Gasteiger partial charge in [-0.05, 0) is 42.7 Å². The number of rotatable bonds is 10. The van der Waals surface area contributed by atoms with Crippen molar-refractivity contribution in [1.29, 1.82) is 0 Å². The molecule has 6 rings (SSSR count). The monoisotopic (exact) mass is 604 g/mol. The minimum absolute atomic E-state index is 0.0432. The molecule has 8 atom stereocenters. The van der Waals surface area contributed by atoms with E-state index in [9.17, 15) is 24.6 Å². The molecule has 0 saturated carbocycles. The summed E-state index contributed by atoms with van der Waals surface area (Å²) in [6.45, 7) is 8.37. The summed E-state index contributed by atoms with van der Waals surface area (Å²) in [4.78, 5) is 45.8. The largest absolute Gasteiger partial charge is 0.363 e. The van der Waals surface area contributed by atoms with Crippen LogP contribution in [0.4, 0.5) is 0 Å². The predicted molar refractivity (Wildman–Crippen MR) is 151 cm³/mol. The summed E-state index contributed by atoms with van der Waals surface area (Å²) in [6, 6.07) is -0.662. The molecule has 1 aromatic heterocycles. The van der Waals surface area contributed by atoms with Crippen molar-refractivity contribution in [3.05, 3.63) is 16.9 Å². The number of aliphatic hydroxyl groups excluding tert-OH is 1. The van der Waals surface area contributed by atoms with Crippen molar-refractivity contribution in [3.8, 4) is 0 Å². The number of aromatic nitrogens is 4. The van der Waals surface area contributed by atoms with Crippen LogP contribution < -0.4 is 16.4 Å². The predicted octanol–water partition coefficient (Wildman–Crippen LogP) is -2.87. The zero-order valence-electron chi connectivity index (χ0n) is 23.9. The molecule has 0 aromatic carbocycles. The minimum Gasteiger partial charge on any atom is -0.363 e. The zero-order valence-corrected chi connectivity index (χ0v) is 24.7. The number of β-lactam (4-membered cyclic amide) rings is 1. The number of fused-ring (bicyclic) bond motifs is 2. The Morgan fingerprint density at radius 1 is 1.31 bits per heavy atom. The number of carbonyl (C=O) groups excluding carboxylic acids is 3. The van der Waals surface area contributed by atoms with Crippen LogP contribution in [0.5, 0.6) is 0 Å². The number of thioether (sulfide) groups is 1. The van der Waals surface area contributed by atoms with Crippen LogP contribution in [0.1, 0.15) is 26.7 Å². The summed E-state index contributed by atoms with van der Waals surface area (Å²) in [5, 5.41) is 37.6. The van der Waals surface area contributed by atoms with Gasteiger partial charge in [0.05, 0.1) is 23.7 Å². The first-order valence-electron chi connectivity index (χ1n) is 14.7. The number of nitrogens with one attached hydrogen (secondary N) is 2. The second-order valence-corrected chi connectivity index (χ2v) is 13.5. The molecule has 0 aliphatic carbocycles. The van der Waals surface area contributed by atoms with Crippen LogP contribution in [0.15, 0.2) is 16.9 Å². The van der Waals surface area contributed by atoms with Gasteiger partial charge in [0.1, 0.15) is 12.9 Å². The van der Waals surface area contributed by atoms with E-state index in [4.69, 9.17) is 5.73 Å². The SMILES string of the molecule is CC(NC(=O)Cn1cnnn1)[C@H]1C(=O)N2C(C(O)O)=C(S[C@@H]3CN[C@H](C(=O)N4CC5CCN(CCN)C5C4)C3)[C@H](C)[C@H]12. The highest BCUT2D eigenvalue weighted by molar-refractivity contribution is 8.03. The molecule has 1 aromatic rings. The Bertz CT molecular complexity index is 1230. The smallest absolute Gasteiger partial charge is 0.242 e. The van der Waals surface area contributed by atoms with Crippen LogP contribution in [-0.2, 0) is 20.9 Å². The maximum absolute atomic E-state index is 13.4. The highest BCUT2D eigenvalue weighted by Crippen LogP contribution is 2.52. The van der Waals surface area contributed by atoms with Crippen molar-refractivity contribution in [2.24, 2.45) is 23.5 Å². The van der Waals surface area contributed by atoms with Gasteiger partial charge in [-0.15, -0.1) is 16.9 Å². The van der Waals surface area contributed by atoms with Gasteiger partial charge in [-0.2, -0.15) is 0 Å². The van der Waals surface area contributed by atoms with Gasteiger partial charge in [-0.25, -0.2) is 4.68 Å².